The maximum atomic E-state index is 12.6. The normalized spacial score (nSPS) is 12.2. The number of carbonyl (C=O) groups excluding carboxylic acids is 1. The van der Waals surface area contributed by atoms with Gasteiger partial charge < -0.3 is 11.2 Å². The summed E-state index contributed by atoms with van der Waals surface area (Å²) in [5.74, 6) is 3.46. The Morgan fingerprint density at radius 2 is 1.80 bits per heavy atom. The molecule has 136 valence electrons. The number of benzene rings is 1. The third kappa shape index (κ3) is 4.88. The molecule has 25 heavy (non-hydrogen) atoms. The third-order valence-electron chi connectivity index (χ3n) is 3.29. The van der Waals surface area contributed by atoms with Gasteiger partial charge in [0.25, 0.3) is 5.82 Å². The van der Waals surface area contributed by atoms with Crippen LogP contribution in [-0.2, 0) is 16.4 Å². The summed E-state index contributed by atoms with van der Waals surface area (Å²) in [6.07, 6.45) is -4.70. The largest absolute Gasteiger partial charge is 0.453 e. The number of nitrogens with two attached hydrogens (primary N) is 1. The van der Waals surface area contributed by atoms with Crippen molar-refractivity contribution in [3.63, 3.8) is 0 Å². The fraction of sp³-hybridized carbons (Fsp3) is 0.400. The smallest absolute Gasteiger partial charge is 0.335 e. The van der Waals surface area contributed by atoms with Crippen molar-refractivity contribution in [3.8, 4) is 0 Å². The Kier molecular flexibility index (Phi) is 5.31. The van der Waals surface area contributed by atoms with E-state index < -0.39 is 12.0 Å². The number of hydrogen-bond acceptors (Lipinski definition) is 5. The Balaban J connectivity index is 1.94. The quantitative estimate of drug-likeness (QED) is 0.636. The average Bonchev–Trinajstić information content (AvgIpc) is 2.86. The molecule has 1 amide bonds. The molecule has 10 heteroatoms. The Bertz CT molecular complexity index is 750. The van der Waals surface area contributed by atoms with E-state index in [4.69, 9.17) is 5.84 Å². The van der Waals surface area contributed by atoms with Crippen molar-refractivity contribution in [3.05, 3.63) is 35.7 Å². The van der Waals surface area contributed by atoms with E-state index in [0.717, 1.165) is 17.3 Å². The van der Waals surface area contributed by atoms with Crippen LogP contribution < -0.4 is 11.2 Å². The predicted octanol–water partition coefficient (Wildman–Crippen LogP) is 3.04. The van der Waals surface area contributed by atoms with Gasteiger partial charge in [0.1, 0.15) is 0 Å². The van der Waals surface area contributed by atoms with Gasteiger partial charge in [0.15, 0.2) is 0 Å². The number of nitrogens with zero attached hydrogens (tertiary/aromatic N) is 3. The number of nitrogens with one attached hydrogen (secondary N) is 1. The molecule has 0 bridgehead atoms. The molecule has 0 spiro atoms. The van der Waals surface area contributed by atoms with Crippen LogP contribution in [0.2, 0.25) is 0 Å². The first-order valence-electron chi connectivity index (χ1n) is 7.29. The van der Waals surface area contributed by atoms with Gasteiger partial charge in [0.05, 0.1) is 5.75 Å². The molecule has 0 aliphatic rings. The van der Waals surface area contributed by atoms with Crippen LogP contribution in [0.1, 0.15) is 32.2 Å². The summed E-state index contributed by atoms with van der Waals surface area (Å²) in [6, 6.07) is 7.37. The number of nitrogen functional groups attached to an aromatic ring is 1. The maximum Gasteiger partial charge on any atom is 0.453 e. The second kappa shape index (κ2) is 6.95. The van der Waals surface area contributed by atoms with E-state index in [1.807, 2.05) is 12.1 Å². The first-order chi connectivity index (χ1) is 11.5. The number of halogens is 3. The van der Waals surface area contributed by atoms with Gasteiger partial charge in [-0.2, -0.15) is 13.2 Å². The van der Waals surface area contributed by atoms with Crippen molar-refractivity contribution in [1.82, 2.24) is 14.9 Å². The number of aromatic nitrogens is 3. The highest BCUT2D eigenvalue weighted by atomic mass is 32.2. The number of rotatable bonds is 4. The highest BCUT2D eigenvalue weighted by Gasteiger charge is 2.38. The number of anilines is 1. The minimum absolute atomic E-state index is 0.000215. The van der Waals surface area contributed by atoms with Crippen LogP contribution in [0, 0.1) is 0 Å². The average molecular weight is 373 g/mol. The fourth-order valence-electron chi connectivity index (χ4n) is 1.95. The molecule has 3 N–H and O–H groups in total. The van der Waals surface area contributed by atoms with Crippen LogP contribution in [0.25, 0.3) is 0 Å². The molecule has 0 radical (unpaired) electrons. The minimum Gasteiger partial charge on any atom is -0.335 e. The van der Waals surface area contributed by atoms with E-state index in [-0.39, 0.29) is 22.2 Å². The minimum atomic E-state index is -4.70. The van der Waals surface area contributed by atoms with Crippen LogP contribution >= 0.6 is 11.8 Å². The molecule has 0 saturated carbocycles. The molecule has 1 aromatic carbocycles. The van der Waals surface area contributed by atoms with E-state index in [1.165, 1.54) is 0 Å². The Labute approximate surface area is 147 Å². The lowest BCUT2D eigenvalue weighted by atomic mass is 9.87. The summed E-state index contributed by atoms with van der Waals surface area (Å²) in [7, 11) is 0. The molecule has 2 rings (SSSR count). The Hall–Kier alpha value is -2.23. The standard InChI is InChI=1S/C15H18F3N5OS/c1-14(2,3)9-4-6-10(7-5-9)20-11(24)8-25-13-22-21-12(23(13)19)15(16,17)18/h4-7H,8,19H2,1-3H3,(H,20,24). The molecule has 2 aromatic rings. The third-order valence-corrected chi connectivity index (χ3v) is 4.23. The zero-order valence-electron chi connectivity index (χ0n) is 13.9. The zero-order valence-corrected chi connectivity index (χ0v) is 14.7. The molecular formula is C15H18F3N5OS. The second-order valence-corrected chi connectivity index (χ2v) is 7.28. The molecule has 0 atom stereocenters. The van der Waals surface area contributed by atoms with Crippen molar-refractivity contribution in [2.75, 3.05) is 16.9 Å². The summed E-state index contributed by atoms with van der Waals surface area (Å²) in [6.45, 7) is 6.24. The summed E-state index contributed by atoms with van der Waals surface area (Å²) >= 11 is 0.771. The number of thioether (sulfide) groups is 1. The lowest BCUT2D eigenvalue weighted by Crippen LogP contribution is -2.22. The summed E-state index contributed by atoms with van der Waals surface area (Å²) in [5.41, 5.74) is 1.72. The van der Waals surface area contributed by atoms with E-state index in [1.54, 1.807) is 12.1 Å². The number of hydrogen-bond donors (Lipinski definition) is 2. The van der Waals surface area contributed by atoms with Gasteiger partial charge in [0.2, 0.25) is 11.1 Å². The molecule has 1 aromatic heterocycles. The zero-order chi connectivity index (χ0) is 18.8. The fourth-order valence-corrected chi connectivity index (χ4v) is 2.61. The topological polar surface area (TPSA) is 85.8 Å². The number of alkyl halides is 3. The first-order valence-corrected chi connectivity index (χ1v) is 8.28. The molecule has 0 aliphatic carbocycles. The van der Waals surface area contributed by atoms with Crippen LogP contribution in [0.4, 0.5) is 18.9 Å². The van der Waals surface area contributed by atoms with E-state index in [0.29, 0.717) is 10.4 Å². The van der Waals surface area contributed by atoms with Crippen LogP contribution in [0.3, 0.4) is 0 Å². The van der Waals surface area contributed by atoms with Crippen molar-refractivity contribution in [2.24, 2.45) is 0 Å². The Morgan fingerprint density at radius 3 is 2.28 bits per heavy atom. The highest BCUT2D eigenvalue weighted by Crippen LogP contribution is 2.29. The van der Waals surface area contributed by atoms with E-state index in [9.17, 15) is 18.0 Å². The Morgan fingerprint density at radius 1 is 1.20 bits per heavy atom. The van der Waals surface area contributed by atoms with Gasteiger partial charge in [0, 0.05) is 5.69 Å². The molecule has 1 heterocycles. The predicted molar refractivity (Wildman–Crippen MR) is 89.7 cm³/mol. The summed E-state index contributed by atoms with van der Waals surface area (Å²) in [4.78, 5) is 11.9. The van der Waals surface area contributed by atoms with Gasteiger partial charge in [-0.3, -0.25) is 4.79 Å². The molecule has 0 aliphatic heterocycles. The second-order valence-electron chi connectivity index (χ2n) is 6.34. The SMILES string of the molecule is CC(C)(C)c1ccc(NC(=O)CSc2nnc(C(F)(F)F)n2N)cc1. The molecule has 0 fully saturated rings. The van der Waals surface area contributed by atoms with Gasteiger partial charge >= 0.3 is 6.18 Å². The van der Waals surface area contributed by atoms with Gasteiger partial charge in [-0.05, 0) is 23.1 Å². The van der Waals surface area contributed by atoms with Gasteiger partial charge in [-0.15, -0.1) is 10.2 Å². The van der Waals surface area contributed by atoms with Gasteiger partial charge in [-0.1, -0.05) is 44.7 Å². The van der Waals surface area contributed by atoms with Gasteiger partial charge in [-0.25, -0.2) is 4.68 Å². The lowest BCUT2D eigenvalue weighted by Gasteiger charge is -2.19. The molecule has 0 unspecified atom stereocenters. The van der Waals surface area contributed by atoms with E-state index in [2.05, 4.69) is 36.3 Å². The van der Waals surface area contributed by atoms with Crippen molar-refractivity contribution in [2.45, 2.75) is 37.5 Å². The summed E-state index contributed by atoms with van der Waals surface area (Å²) < 4.78 is 38.0. The van der Waals surface area contributed by atoms with Crippen molar-refractivity contribution in [1.29, 1.82) is 0 Å². The monoisotopic (exact) mass is 373 g/mol. The van der Waals surface area contributed by atoms with Crippen LogP contribution in [0.5, 0.6) is 0 Å². The van der Waals surface area contributed by atoms with Crippen LogP contribution in [0.15, 0.2) is 29.4 Å². The molecular weight excluding hydrogens is 355 g/mol. The molecule has 6 nitrogen and oxygen atoms in total. The maximum absolute atomic E-state index is 12.6. The lowest BCUT2D eigenvalue weighted by molar-refractivity contribution is -0.146. The first kappa shape index (κ1) is 19.1. The molecule has 0 saturated heterocycles. The van der Waals surface area contributed by atoms with Crippen molar-refractivity contribution >= 4 is 23.4 Å². The highest BCUT2D eigenvalue weighted by molar-refractivity contribution is 7.99. The number of carbonyl (C=O) groups is 1. The van der Waals surface area contributed by atoms with Crippen LogP contribution in [-0.4, -0.2) is 26.5 Å². The number of amides is 1. The summed E-state index contributed by atoms with van der Waals surface area (Å²) in [5, 5.41) is 8.82. The van der Waals surface area contributed by atoms with Crippen molar-refractivity contribution < 1.29 is 18.0 Å². The van der Waals surface area contributed by atoms with E-state index >= 15 is 0 Å².